The Hall–Kier alpha value is -5.70. The van der Waals surface area contributed by atoms with Gasteiger partial charge in [-0.2, -0.15) is 0 Å². The summed E-state index contributed by atoms with van der Waals surface area (Å²) in [6.45, 7) is 6.28. The van der Waals surface area contributed by atoms with Gasteiger partial charge < -0.3 is 41.8 Å². The Bertz CT molecular complexity index is 2130. The smallest absolute Gasteiger partial charge is 0.352 e. The standard InChI is InChI=1S/C21H25N3O6S.C19H21N3O6S/c1-11(25)30-9-13-10-31-19-16(18(27)24(19)17(13)20(28)29)23-15(26)8-12-4-6-14(7-5-12)21(2,3)22;1-10(23)28-8-13-9-29-18-15(17(25)22(18)16(13)19(26)27)21-14(24)6-11-2-4-12(7-20)5-3-11/h4-7,16,19H,8-10,22H2,1-3H3,(H,23,26)(H,28,29);2-5,15,18H,6-9,20H2,1H3,(H,21,24)(H,26,27)/t16-,19-;15-,18-/m11/s1. The summed E-state index contributed by atoms with van der Waals surface area (Å²) in [6.07, 6.45) is 0.192. The van der Waals surface area contributed by atoms with Gasteiger partial charge in [0.15, 0.2) is 0 Å². The van der Waals surface area contributed by atoms with Crippen molar-refractivity contribution in [3.05, 3.63) is 93.3 Å². The number of hydrogen-bond acceptors (Lipinski definition) is 14. The summed E-state index contributed by atoms with van der Waals surface area (Å²) in [4.78, 5) is 97.7. The third kappa shape index (κ3) is 10.5. The summed E-state index contributed by atoms with van der Waals surface area (Å²) in [5, 5.41) is 23.5. The number of hydrogen-bond donors (Lipinski definition) is 6. The molecule has 0 aliphatic carbocycles. The largest absolute Gasteiger partial charge is 0.477 e. The molecule has 320 valence electrons. The first-order valence-electron chi connectivity index (χ1n) is 18.6. The van der Waals surface area contributed by atoms with Crippen molar-refractivity contribution < 1.29 is 58.0 Å². The average molecular weight is 867 g/mol. The van der Waals surface area contributed by atoms with Gasteiger partial charge in [0.25, 0.3) is 11.8 Å². The van der Waals surface area contributed by atoms with Crippen molar-refractivity contribution in [3.63, 3.8) is 0 Å². The molecule has 0 bridgehead atoms. The summed E-state index contributed by atoms with van der Waals surface area (Å²) >= 11 is 2.65. The first kappa shape index (κ1) is 45.4. The topological polar surface area (TPSA) is 278 Å². The van der Waals surface area contributed by atoms with Gasteiger partial charge in [-0.05, 0) is 36.1 Å². The minimum atomic E-state index is -1.27. The van der Waals surface area contributed by atoms with Crippen molar-refractivity contribution in [1.82, 2.24) is 20.4 Å². The van der Waals surface area contributed by atoms with E-state index in [0.717, 1.165) is 32.1 Å². The minimum absolute atomic E-state index is 0.0891. The highest BCUT2D eigenvalue weighted by atomic mass is 32.2. The van der Waals surface area contributed by atoms with Crippen LogP contribution in [0.1, 0.15) is 49.9 Å². The minimum Gasteiger partial charge on any atom is -0.477 e. The van der Waals surface area contributed by atoms with E-state index in [1.807, 2.05) is 50.2 Å². The van der Waals surface area contributed by atoms with E-state index in [4.69, 9.17) is 20.9 Å². The second-order valence-corrected chi connectivity index (χ2v) is 17.0. The normalized spacial score (nSPS) is 20.6. The van der Waals surface area contributed by atoms with Crippen molar-refractivity contribution >= 4 is 71.0 Å². The van der Waals surface area contributed by atoms with Crippen LogP contribution in [-0.2, 0) is 72.8 Å². The first-order valence-corrected chi connectivity index (χ1v) is 20.7. The number of carbonyl (C=O) groups excluding carboxylic acids is 6. The fourth-order valence-electron chi connectivity index (χ4n) is 6.63. The molecule has 4 atom stereocenters. The maximum atomic E-state index is 12.6. The zero-order chi connectivity index (χ0) is 44.1. The van der Waals surface area contributed by atoms with Gasteiger partial charge >= 0.3 is 23.9 Å². The number of carboxylic acid groups (broad SMARTS) is 2. The van der Waals surface area contributed by atoms with E-state index >= 15 is 0 Å². The number of carbonyl (C=O) groups is 8. The predicted octanol–water partition coefficient (Wildman–Crippen LogP) is 0.714. The SMILES string of the molecule is CC(=O)OCC1=C(C(=O)O)N2C(=O)[C@@H](NC(=O)Cc3ccc(C(C)(C)N)cc3)[C@H]2SC1.CC(=O)OCC1=C(C(=O)O)N2C(=O)[C@@H](NC(=O)Cc3ccc(CN)cc3)[C@H]2SC1. The number of benzene rings is 2. The lowest BCUT2D eigenvalue weighted by Gasteiger charge is -2.49. The Balaban J connectivity index is 0.000000228. The van der Waals surface area contributed by atoms with Crippen molar-refractivity contribution in [2.75, 3.05) is 24.7 Å². The van der Waals surface area contributed by atoms with E-state index in [9.17, 15) is 48.6 Å². The molecule has 4 aliphatic heterocycles. The van der Waals surface area contributed by atoms with Gasteiger partial charge in [0.2, 0.25) is 11.8 Å². The number of nitrogens with two attached hydrogens (primary N) is 2. The molecule has 8 N–H and O–H groups in total. The Labute approximate surface area is 353 Å². The monoisotopic (exact) mass is 866 g/mol. The molecule has 0 saturated carbocycles. The lowest BCUT2D eigenvalue weighted by atomic mass is 9.94. The molecule has 2 saturated heterocycles. The molecule has 4 aliphatic rings. The molecule has 18 nitrogen and oxygen atoms in total. The molecule has 0 radical (unpaired) electrons. The second-order valence-electron chi connectivity index (χ2n) is 14.8. The Morgan fingerprint density at radius 3 is 1.40 bits per heavy atom. The van der Waals surface area contributed by atoms with Gasteiger partial charge in [0.05, 0.1) is 12.8 Å². The Kier molecular flexibility index (Phi) is 14.5. The fourth-order valence-corrected chi connectivity index (χ4v) is 9.29. The van der Waals surface area contributed by atoms with Crippen LogP contribution in [0.15, 0.2) is 71.1 Å². The zero-order valence-electron chi connectivity index (χ0n) is 33.2. The van der Waals surface area contributed by atoms with Gasteiger partial charge in [-0.3, -0.25) is 38.6 Å². The van der Waals surface area contributed by atoms with E-state index in [2.05, 4.69) is 10.6 Å². The van der Waals surface area contributed by atoms with Crippen molar-refractivity contribution in [3.8, 4) is 0 Å². The summed E-state index contributed by atoms with van der Waals surface area (Å²) in [6, 6.07) is 13.1. The third-order valence-electron chi connectivity index (χ3n) is 9.72. The molecule has 0 unspecified atom stereocenters. The molecule has 60 heavy (non-hydrogen) atoms. The molecule has 6 rings (SSSR count). The molecule has 4 heterocycles. The molecule has 20 heteroatoms. The fraction of sp³-hybridized carbons (Fsp3) is 0.400. The van der Waals surface area contributed by atoms with Crippen LogP contribution in [0.5, 0.6) is 0 Å². The van der Waals surface area contributed by atoms with Crippen LogP contribution < -0.4 is 22.1 Å². The highest BCUT2D eigenvalue weighted by molar-refractivity contribution is 8.00. The maximum Gasteiger partial charge on any atom is 0.352 e. The van der Waals surface area contributed by atoms with E-state index in [1.165, 1.54) is 37.4 Å². The Morgan fingerprint density at radius 2 is 1.07 bits per heavy atom. The number of fused-ring (bicyclic) bond motifs is 2. The van der Waals surface area contributed by atoms with E-state index in [-0.39, 0.29) is 60.8 Å². The number of amides is 4. The van der Waals surface area contributed by atoms with Crippen molar-refractivity contribution in [2.45, 2.75) is 75.5 Å². The number of rotatable bonds is 14. The third-order valence-corrected chi connectivity index (χ3v) is 12.4. The van der Waals surface area contributed by atoms with E-state index in [0.29, 0.717) is 17.7 Å². The van der Waals surface area contributed by atoms with Crippen LogP contribution in [0.4, 0.5) is 0 Å². The average Bonchev–Trinajstić information content (AvgIpc) is 3.19. The number of thioether (sulfide) groups is 2. The number of nitrogens with zero attached hydrogens (tertiary/aromatic N) is 2. The van der Waals surface area contributed by atoms with Gasteiger partial charge in [-0.15, -0.1) is 23.5 Å². The summed E-state index contributed by atoms with van der Waals surface area (Å²) < 4.78 is 9.79. The van der Waals surface area contributed by atoms with Crippen molar-refractivity contribution in [2.24, 2.45) is 11.5 Å². The number of β-lactam (4-membered cyclic amide) rings is 2. The Morgan fingerprint density at radius 1 is 0.700 bits per heavy atom. The number of esters is 2. The maximum absolute atomic E-state index is 12.6. The molecule has 0 aromatic heterocycles. The highest BCUT2D eigenvalue weighted by Gasteiger charge is 2.55. The van der Waals surface area contributed by atoms with E-state index < -0.39 is 64.1 Å². The van der Waals surface area contributed by atoms with Crippen LogP contribution in [0, 0.1) is 0 Å². The van der Waals surface area contributed by atoms with Crippen LogP contribution in [0.3, 0.4) is 0 Å². The van der Waals surface area contributed by atoms with Crippen LogP contribution in [0.25, 0.3) is 0 Å². The second kappa shape index (κ2) is 19.1. The number of carboxylic acids is 2. The molecular formula is C40H46N6O12S2. The first-order chi connectivity index (χ1) is 28.3. The molecular weight excluding hydrogens is 821 g/mol. The highest BCUT2D eigenvalue weighted by Crippen LogP contribution is 2.41. The van der Waals surface area contributed by atoms with Crippen LogP contribution >= 0.6 is 23.5 Å². The molecule has 0 spiro atoms. The zero-order valence-corrected chi connectivity index (χ0v) is 34.9. The molecule has 2 fully saturated rings. The van der Waals surface area contributed by atoms with Gasteiger partial charge in [-0.1, -0.05) is 48.5 Å². The van der Waals surface area contributed by atoms with Crippen molar-refractivity contribution in [1.29, 1.82) is 0 Å². The number of nitrogens with one attached hydrogen (secondary N) is 2. The van der Waals surface area contributed by atoms with Gasteiger partial charge in [0.1, 0.15) is 47.4 Å². The van der Waals surface area contributed by atoms with Crippen LogP contribution in [-0.4, -0.2) is 115 Å². The predicted molar refractivity (Wildman–Crippen MR) is 218 cm³/mol. The van der Waals surface area contributed by atoms with E-state index in [1.54, 1.807) is 12.1 Å². The summed E-state index contributed by atoms with van der Waals surface area (Å²) in [5.41, 5.74) is 14.9. The number of ether oxygens (including phenoxy) is 2. The molecule has 2 aromatic carbocycles. The van der Waals surface area contributed by atoms with Gasteiger partial charge in [0, 0.05) is 48.6 Å². The number of aliphatic carboxylic acids is 2. The summed E-state index contributed by atoms with van der Waals surface area (Å²) in [7, 11) is 0. The summed E-state index contributed by atoms with van der Waals surface area (Å²) in [5.74, 6) is -4.68. The van der Waals surface area contributed by atoms with Gasteiger partial charge in [-0.25, -0.2) is 9.59 Å². The lowest BCUT2D eigenvalue weighted by molar-refractivity contribution is -0.151. The quantitative estimate of drug-likeness (QED) is 0.113. The molecule has 4 amide bonds. The van der Waals surface area contributed by atoms with Crippen LogP contribution in [0.2, 0.25) is 0 Å². The lowest BCUT2D eigenvalue weighted by Crippen LogP contribution is -2.70. The molecule has 2 aromatic rings.